The quantitative estimate of drug-likeness (QED) is 0.639. The highest BCUT2D eigenvalue weighted by atomic mass is 32.1. The number of nitrogens with one attached hydrogen (secondary N) is 3. The predicted octanol–water partition coefficient (Wildman–Crippen LogP) is 0.878. The zero-order valence-electron chi connectivity index (χ0n) is 13.2. The van der Waals surface area contributed by atoms with Gasteiger partial charge >= 0.3 is 0 Å². The Hall–Kier alpha value is -3.01. The number of rotatable bonds is 4. The number of thiazole rings is 1. The lowest BCUT2D eigenvalue weighted by Crippen LogP contribution is -2.23. The highest BCUT2D eigenvalue weighted by Crippen LogP contribution is 2.33. The van der Waals surface area contributed by atoms with Crippen molar-refractivity contribution in [2.45, 2.75) is 12.8 Å². The number of anilines is 1. The van der Waals surface area contributed by atoms with Gasteiger partial charge in [0, 0.05) is 25.2 Å². The molecule has 0 saturated heterocycles. The fourth-order valence-corrected chi connectivity index (χ4v) is 3.31. The lowest BCUT2D eigenvalue weighted by Gasteiger charge is -2.04. The minimum absolute atomic E-state index is 0.0373. The van der Waals surface area contributed by atoms with Gasteiger partial charge in [-0.3, -0.25) is 24.0 Å². The van der Waals surface area contributed by atoms with E-state index in [9.17, 15) is 14.4 Å². The van der Waals surface area contributed by atoms with Gasteiger partial charge in [-0.15, -0.1) is 0 Å². The topological polar surface area (TPSA) is 122 Å². The summed E-state index contributed by atoms with van der Waals surface area (Å²) in [5.41, 5.74) is 0.492. The number of H-pyrrole nitrogens is 1. The first-order valence-corrected chi connectivity index (χ1v) is 8.49. The van der Waals surface area contributed by atoms with Crippen LogP contribution in [0.2, 0.25) is 0 Å². The van der Waals surface area contributed by atoms with E-state index in [2.05, 4.69) is 25.8 Å². The molecule has 0 aromatic carbocycles. The van der Waals surface area contributed by atoms with Crippen molar-refractivity contribution < 1.29 is 9.59 Å². The molecule has 10 heteroatoms. The number of carbonyl (C=O) groups excluding carboxylic acids is 2. The van der Waals surface area contributed by atoms with Gasteiger partial charge in [0.1, 0.15) is 4.70 Å². The van der Waals surface area contributed by atoms with Crippen LogP contribution in [0.15, 0.2) is 23.1 Å². The van der Waals surface area contributed by atoms with Crippen molar-refractivity contribution in [1.82, 2.24) is 25.1 Å². The van der Waals surface area contributed by atoms with Crippen molar-refractivity contribution in [3.63, 3.8) is 0 Å². The molecule has 4 rings (SSSR count). The van der Waals surface area contributed by atoms with Crippen LogP contribution in [0.25, 0.3) is 16.2 Å². The van der Waals surface area contributed by atoms with Crippen molar-refractivity contribution in [3.8, 4) is 5.82 Å². The number of aromatic nitrogens is 4. The highest BCUT2D eigenvalue weighted by molar-refractivity contribution is 7.22. The van der Waals surface area contributed by atoms with Crippen LogP contribution >= 0.6 is 11.3 Å². The van der Waals surface area contributed by atoms with Gasteiger partial charge < -0.3 is 10.6 Å². The molecule has 0 spiro atoms. The second-order valence-corrected chi connectivity index (χ2v) is 6.71. The maximum atomic E-state index is 12.2. The third-order valence-electron chi connectivity index (χ3n) is 3.90. The van der Waals surface area contributed by atoms with Crippen molar-refractivity contribution >= 4 is 38.6 Å². The first-order valence-electron chi connectivity index (χ1n) is 7.67. The van der Waals surface area contributed by atoms with E-state index in [-0.39, 0.29) is 23.3 Å². The Morgan fingerprint density at radius 3 is 2.88 bits per heavy atom. The summed E-state index contributed by atoms with van der Waals surface area (Å²) in [5.74, 6) is 0.0776. The Balaban J connectivity index is 1.74. The molecule has 1 aliphatic carbocycles. The maximum Gasteiger partial charge on any atom is 0.256 e. The number of hydrogen-bond donors (Lipinski definition) is 3. The molecule has 0 bridgehead atoms. The second-order valence-electron chi connectivity index (χ2n) is 5.71. The summed E-state index contributed by atoms with van der Waals surface area (Å²) in [4.78, 5) is 40.1. The molecule has 1 aliphatic rings. The molecule has 2 amide bonds. The standard InChI is InChI=1S/C15H14N6O3S/c1-16-13(23)8-4-5-9(22)21(6-8)12-10-11(19-20-12)17-15(25-10)18-14(24)7-2-3-7/h4-7H,2-3H2,1H3,(H,16,23)(H2,17,18,19,20,24). The van der Waals surface area contributed by atoms with Gasteiger partial charge in [0.2, 0.25) is 5.91 Å². The summed E-state index contributed by atoms with van der Waals surface area (Å²) in [6.45, 7) is 0. The van der Waals surface area contributed by atoms with Crippen molar-refractivity contribution in [1.29, 1.82) is 0 Å². The molecule has 0 atom stereocenters. The molecule has 1 saturated carbocycles. The minimum atomic E-state index is -0.321. The van der Waals surface area contributed by atoms with Crippen LogP contribution in [0.3, 0.4) is 0 Å². The van der Waals surface area contributed by atoms with Crippen LogP contribution in [0.1, 0.15) is 23.2 Å². The molecule has 1 fully saturated rings. The number of amides is 2. The number of aromatic amines is 1. The fourth-order valence-electron chi connectivity index (χ4n) is 2.41. The summed E-state index contributed by atoms with van der Waals surface area (Å²) >= 11 is 1.23. The Bertz CT molecular complexity index is 1050. The van der Waals surface area contributed by atoms with E-state index < -0.39 is 0 Å². The molecule has 3 aromatic rings. The first kappa shape index (κ1) is 15.5. The Kier molecular flexibility index (Phi) is 3.61. The predicted molar refractivity (Wildman–Crippen MR) is 92.1 cm³/mol. The monoisotopic (exact) mass is 358 g/mol. The number of pyridine rings is 1. The molecule has 3 aromatic heterocycles. The Labute approximate surface area is 145 Å². The van der Waals surface area contributed by atoms with Gasteiger partial charge in [-0.05, 0) is 18.9 Å². The number of hydrogen-bond acceptors (Lipinski definition) is 6. The SMILES string of the molecule is CNC(=O)c1ccc(=O)n(-c2n[nH]c3nc(NC(=O)C4CC4)sc23)c1. The van der Waals surface area contributed by atoms with Crippen LogP contribution in [0, 0.1) is 5.92 Å². The normalized spacial score (nSPS) is 13.8. The Morgan fingerprint density at radius 2 is 2.16 bits per heavy atom. The van der Waals surface area contributed by atoms with Crippen LogP contribution in [-0.4, -0.2) is 38.6 Å². The van der Waals surface area contributed by atoms with Crippen LogP contribution in [0.5, 0.6) is 0 Å². The second kappa shape index (κ2) is 5.81. The third kappa shape index (κ3) is 2.80. The van der Waals surface area contributed by atoms with Crippen LogP contribution < -0.4 is 16.2 Å². The minimum Gasteiger partial charge on any atom is -0.355 e. The van der Waals surface area contributed by atoms with Gasteiger partial charge in [-0.2, -0.15) is 5.10 Å². The van der Waals surface area contributed by atoms with Gasteiger partial charge in [0.15, 0.2) is 16.6 Å². The molecular weight excluding hydrogens is 344 g/mol. The average molecular weight is 358 g/mol. The van der Waals surface area contributed by atoms with Gasteiger partial charge in [0.05, 0.1) is 5.56 Å². The van der Waals surface area contributed by atoms with E-state index in [0.29, 0.717) is 26.9 Å². The van der Waals surface area contributed by atoms with Gasteiger partial charge in [0.25, 0.3) is 11.5 Å². The summed E-state index contributed by atoms with van der Waals surface area (Å²) in [6, 6.07) is 2.76. The van der Waals surface area contributed by atoms with Crippen LogP contribution in [0.4, 0.5) is 5.13 Å². The maximum absolute atomic E-state index is 12.2. The molecule has 3 N–H and O–H groups in total. The summed E-state index contributed by atoms with van der Waals surface area (Å²) in [5, 5.41) is 12.6. The summed E-state index contributed by atoms with van der Waals surface area (Å²) in [6.07, 6.45) is 3.24. The van der Waals surface area contributed by atoms with Crippen molar-refractivity contribution in [2.24, 2.45) is 5.92 Å². The molecule has 0 aliphatic heterocycles. The lowest BCUT2D eigenvalue weighted by molar-refractivity contribution is -0.117. The van der Waals surface area contributed by atoms with Crippen LogP contribution in [-0.2, 0) is 4.79 Å². The molecule has 0 unspecified atom stereocenters. The van der Waals surface area contributed by atoms with E-state index in [4.69, 9.17) is 0 Å². The zero-order valence-corrected chi connectivity index (χ0v) is 14.0. The molecular formula is C15H14N6O3S. The molecule has 0 radical (unpaired) electrons. The zero-order chi connectivity index (χ0) is 17.6. The highest BCUT2D eigenvalue weighted by Gasteiger charge is 2.30. The number of carbonyl (C=O) groups is 2. The van der Waals surface area contributed by atoms with Gasteiger partial charge in [-0.1, -0.05) is 11.3 Å². The smallest absolute Gasteiger partial charge is 0.256 e. The molecule has 128 valence electrons. The number of nitrogens with zero attached hydrogens (tertiary/aromatic N) is 3. The summed E-state index contributed by atoms with van der Waals surface area (Å²) < 4.78 is 1.91. The van der Waals surface area contributed by atoms with E-state index >= 15 is 0 Å². The molecule has 3 heterocycles. The average Bonchev–Trinajstić information content (AvgIpc) is 3.29. The number of fused-ring (bicyclic) bond motifs is 1. The lowest BCUT2D eigenvalue weighted by atomic mass is 10.2. The van der Waals surface area contributed by atoms with Crippen molar-refractivity contribution in [3.05, 3.63) is 34.2 Å². The third-order valence-corrected chi connectivity index (χ3v) is 4.87. The van der Waals surface area contributed by atoms with E-state index in [1.807, 2.05) is 0 Å². The molecule has 9 nitrogen and oxygen atoms in total. The van der Waals surface area contributed by atoms with E-state index in [0.717, 1.165) is 12.8 Å². The van der Waals surface area contributed by atoms with E-state index in [1.54, 1.807) is 0 Å². The van der Waals surface area contributed by atoms with Gasteiger partial charge in [-0.25, -0.2) is 4.98 Å². The Morgan fingerprint density at radius 1 is 1.36 bits per heavy atom. The summed E-state index contributed by atoms with van der Waals surface area (Å²) in [7, 11) is 1.52. The van der Waals surface area contributed by atoms with E-state index in [1.165, 1.54) is 41.3 Å². The first-order chi connectivity index (χ1) is 12.1. The largest absolute Gasteiger partial charge is 0.355 e. The molecule has 25 heavy (non-hydrogen) atoms. The van der Waals surface area contributed by atoms with Crippen molar-refractivity contribution in [2.75, 3.05) is 12.4 Å². The fraction of sp³-hybridized carbons (Fsp3) is 0.267.